The molecular weight excluding hydrogens is 276 g/mol. The van der Waals surface area contributed by atoms with Crippen LogP contribution in [0.4, 0.5) is 8.78 Å². The van der Waals surface area contributed by atoms with Gasteiger partial charge in [0.2, 0.25) is 0 Å². The van der Waals surface area contributed by atoms with Crippen LogP contribution in [0.15, 0.2) is 12.1 Å². The van der Waals surface area contributed by atoms with E-state index in [-0.39, 0.29) is 10.6 Å². The van der Waals surface area contributed by atoms with Crippen molar-refractivity contribution in [1.82, 2.24) is 5.32 Å². The molecule has 104 valence electrons. The molecule has 3 nitrogen and oxygen atoms in total. The van der Waals surface area contributed by atoms with E-state index in [4.69, 9.17) is 16.3 Å². The second-order valence-corrected chi connectivity index (χ2v) is 5.32. The van der Waals surface area contributed by atoms with Gasteiger partial charge in [-0.2, -0.15) is 0 Å². The van der Waals surface area contributed by atoms with Gasteiger partial charge in [-0.3, -0.25) is 4.79 Å². The first-order chi connectivity index (χ1) is 8.91. The average Bonchev–Trinajstić information content (AvgIpc) is 2.34. The lowest BCUT2D eigenvalue weighted by Crippen LogP contribution is -2.51. The third-order valence-electron chi connectivity index (χ3n) is 3.11. The number of ether oxygens (including phenoxy) is 1. The summed E-state index contributed by atoms with van der Waals surface area (Å²) in [6, 6.07) is 1.60. The monoisotopic (exact) mass is 289 g/mol. The van der Waals surface area contributed by atoms with E-state index in [1.807, 2.05) is 6.92 Å². The van der Waals surface area contributed by atoms with Crippen molar-refractivity contribution in [2.75, 3.05) is 13.2 Å². The maximum Gasteiger partial charge on any atom is 0.253 e. The van der Waals surface area contributed by atoms with Crippen molar-refractivity contribution in [3.63, 3.8) is 0 Å². The fraction of sp³-hybridized carbons (Fsp3) is 0.462. The SMILES string of the molecule is C[C@@]1(NC(=O)c2cc(F)c(F)cc2Cl)CCCOC1. The lowest BCUT2D eigenvalue weighted by atomic mass is 9.94. The molecule has 1 fully saturated rings. The summed E-state index contributed by atoms with van der Waals surface area (Å²) in [6.07, 6.45) is 1.60. The highest BCUT2D eigenvalue weighted by Crippen LogP contribution is 2.23. The third kappa shape index (κ3) is 3.22. The Kier molecular flexibility index (Phi) is 4.06. The van der Waals surface area contributed by atoms with E-state index in [9.17, 15) is 13.6 Å². The van der Waals surface area contributed by atoms with Gasteiger partial charge in [0.25, 0.3) is 5.91 Å². The maximum absolute atomic E-state index is 13.2. The predicted molar refractivity (Wildman–Crippen MR) is 67.3 cm³/mol. The Morgan fingerprint density at radius 3 is 2.74 bits per heavy atom. The van der Waals surface area contributed by atoms with Crippen LogP contribution >= 0.6 is 11.6 Å². The summed E-state index contributed by atoms with van der Waals surface area (Å²) in [5.74, 6) is -2.70. The Labute approximate surface area is 114 Å². The molecule has 6 heteroatoms. The van der Waals surface area contributed by atoms with E-state index in [1.54, 1.807) is 0 Å². The van der Waals surface area contributed by atoms with Gasteiger partial charge in [0.1, 0.15) is 0 Å². The van der Waals surface area contributed by atoms with Crippen LogP contribution in [0.5, 0.6) is 0 Å². The standard InChI is InChI=1S/C13H14ClF2NO2/c1-13(3-2-4-19-7-13)17-12(18)8-5-10(15)11(16)6-9(8)14/h5-6H,2-4,7H2,1H3,(H,17,18)/t13-/m1/s1. The molecule has 0 aliphatic carbocycles. The molecule has 1 aromatic rings. The fourth-order valence-electron chi connectivity index (χ4n) is 2.07. The first-order valence-electron chi connectivity index (χ1n) is 5.96. The molecule has 1 heterocycles. The second-order valence-electron chi connectivity index (χ2n) is 4.92. The summed E-state index contributed by atoms with van der Waals surface area (Å²) in [4.78, 5) is 12.1. The van der Waals surface area contributed by atoms with E-state index >= 15 is 0 Å². The fourth-order valence-corrected chi connectivity index (χ4v) is 2.31. The quantitative estimate of drug-likeness (QED) is 0.850. The second kappa shape index (κ2) is 5.43. The Bertz CT molecular complexity index is 502. The minimum absolute atomic E-state index is 0.0765. The van der Waals surface area contributed by atoms with E-state index < -0.39 is 23.1 Å². The van der Waals surface area contributed by atoms with Crippen LogP contribution in [-0.2, 0) is 4.74 Å². The van der Waals surface area contributed by atoms with Crippen molar-refractivity contribution < 1.29 is 18.3 Å². The minimum Gasteiger partial charge on any atom is -0.379 e. The number of benzene rings is 1. The summed E-state index contributed by atoms with van der Waals surface area (Å²) in [6.45, 7) is 2.90. The van der Waals surface area contributed by atoms with Gasteiger partial charge >= 0.3 is 0 Å². The summed E-state index contributed by atoms with van der Waals surface area (Å²) < 4.78 is 31.4. The maximum atomic E-state index is 13.2. The number of amides is 1. The van der Waals surface area contributed by atoms with Gasteiger partial charge in [0, 0.05) is 6.61 Å². The molecule has 1 N–H and O–H groups in total. The zero-order valence-corrected chi connectivity index (χ0v) is 11.2. The number of rotatable bonds is 2. The number of hydrogen-bond acceptors (Lipinski definition) is 2. The molecule has 1 aromatic carbocycles. The van der Waals surface area contributed by atoms with Gasteiger partial charge in [-0.15, -0.1) is 0 Å². The van der Waals surface area contributed by atoms with Gasteiger partial charge in [-0.05, 0) is 31.9 Å². The molecular formula is C13H14ClF2NO2. The smallest absolute Gasteiger partial charge is 0.253 e. The summed E-state index contributed by atoms with van der Waals surface area (Å²) in [5.41, 5.74) is -0.587. The zero-order chi connectivity index (χ0) is 14.0. The van der Waals surface area contributed by atoms with Crippen LogP contribution < -0.4 is 5.32 Å². The minimum atomic E-state index is -1.10. The van der Waals surface area contributed by atoms with Crippen molar-refractivity contribution in [2.24, 2.45) is 0 Å². The molecule has 0 aromatic heterocycles. The molecule has 1 aliphatic rings. The third-order valence-corrected chi connectivity index (χ3v) is 3.42. The van der Waals surface area contributed by atoms with Crippen molar-refractivity contribution in [3.05, 3.63) is 34.4 Å². The molecule has 0 unspecified atom stereocenters. The van der Waals surface area contributed by atoms with E-state index in [0.29, 0.717) is 13.2 Å². The van der Waals surface area contributed by atoms with Gasteiger partial charge in [0.05, 0.1) is 22.7 Å². The van der Waals surface area contributed by atoms with Crippen molar-refractivity contribution in [3.8, 4) is 0 Å². The molecule has 1 atom stereocenters. The number of hydrogen-bond donors (Lipinski definition) is 1. The first kappa shape index (κ1) is 14.2. The van der Waals surface area contributed by atoms with Gasteiger partial charge < -0.3 is 10.1 Å². The van der Waals surface area contributed by atoms with Crippen molar-refractivity contribution >= 4 is 17.5 Å². The Morgan fingerprint density at radius 2 is 2.11 bits per heavy atom. The van der Waals surface area contributed by atoms with Crippen molar-refractivity contribution in [1.29, 1.82) is 0 Å². The topological polar surface area (TPSA) is 38.3 Å². The molecule has 0 spiro atoms. The van der Waals surface area contributed by atoms with Crippen LogP contribution in [0.3, 0.4) is 0 Å². The Hall–Kier alpha value is -1.20. The number of halogens is 3. The van der Waals surface area contributed by atoms with E-state index in [2.05, 4.69) is 5.32 Å². The molecule has 19 heavy (non-hydrogen) atoms. The van der Waals surface area contributed by atoms with Crippen molar-refractivity contribution in [2.45, 2.75) is 25.3 Å². The number of carbonyl (C=O) groups is 1. The Morgan fingerprint density at radius 1 is 1.42 bits per heavy atom. The highest BCUT2D eigenvalue weighted by atomic mass is 35.5. The summed E-state index contributed by atoms with van der Waals surface area (Å²) in [5, 5.41) is 2.65. The zero-order valence-electron chi connectivity index (χ0n) is 10.4. The van der Waals surface area contributed by atoms with Crippen LogP contribution in [-0.4, -0.2) is 24.7 Å². The van der Waals surface area contributed by atoms with Crippen LogP contribution in [0.25, 0.3) is 0 Å². The number of nitrogens with one attached hydrogen (secondary N) is 1. The lowest BCUT2D eigenvalue weighted by molar-refractivity contribution is 0.0272. The average molecular weight is 290 g/mol. The summed E-state index contributed by atoms with van der Waals surface area (Å²) in [7, 11) is 0. The highest BCUT2D eigenvalue weighted by Gasteiger charge is 2.30. The molecule has 2 rings (SSSR count). The number of carbonyl (C=O) groups excluding carboxylic acids is 1. The highest BCUT2D eigenvalue weighted by molar-refractivity contribution is 6.33. The van der Waals surface area contributed by atoms with Crippen LogP contribution in [0, 0.1) is 11.6 Å². The van der Waals surface area contributed by atoms with Crippen LogP contribution in [0.1, 0.15) is 30.1 Å². The largest absolute Gasteiger partial charge is 0.379 e. The van der Waals surface area contributed by atoms with Crippen LogP contribution in [0.2, 0.25) is 5.02 Å². The van der Waals surface area contributed by atoms with E-state index in [0.717, 1.165) is 25.0 Å². The molecule has 1 aliphatic heterocycles. The molecule has 1 amide bonds. The molecule has 0 saturated carbocycles. The van der Waals surface area contributed by atoms with Gasteiger partial charge in [0.15, 0.2) is 11.6 Å². The Balaban J connectivity index is 2.18. The predicted octanol–water partition coefficient (Wildman–Crippen LogP) is 2.92. The summed E-state index contributed by atoms with van der Waals surface area (Å²) >= 11 is 5.76. The van der Waals surface area contributed by atoms with Gasteiger partial charge in [-0.1, -0.05) is 11.6 Å². The van der Waals surface area contributed by atoms with E-state index in [1.165, 1.54) is 0 Å². The first-order valence-corrected chi connectivity index (χ1v) is 6.34. The molecule has 0 radical (unpaired) electrons. The lowest BCUT2D eigenvalue weighted by Gasteiger charge is -2.34. The molecule has 0 bridgehead atoms. The normalized spacial score (nSPS) is 23.2. The molecule has 1 saturated heterocycles. The van der Waals surface area contributed by atoms with Gasteiger partial charge in [-0.25, -0.2) is 8.78 Å².